The first-order chi connectivity index (χ1) is 12.0. The molecule has 0 aliphatic heterocycles. The Morgan fingerprint density at radius 3 is 1.32 bits per heavy atom. The van der Waals surface area contributed by atoms with Crippen LogP contribution in [0.5, 0.6) is 0 Å². The second-order valence-electron chi connectivity index (χ2n) is 4.56. The minimum atomic E-state index is -0.765. The number of carbonyl (C=O) groups excluding carboxylic acids is 4. The molecule has 0 fully saturated rings. The summed E-state index contributed by atoms with van der Waals surface area (Å²) >= 11 is 0. The number of hydrogen-bond donors (Lipinski definition) is 0. The van der Waals surface area contributed by atoms with E-state index in [4.69, 9.17) is 22.3 Å². The number of esters is 4. The lowest BCUT2D eigenvalue weighted by atomic mass is 10.2. The summed E-state index contributed by atoms with van der Waals surface area (Å²) in [6.45, 7) is 0.327. The van der Waals surface area contributed by atoms with Gasteiger partial charge in [0.25, 0.3) is 0 Å². The summed E-state index contributed by atoms with van der Waals surface area (Å²) in [5, 5.41) is 0. The minimum absolute atomic E-state index is 0.0685. The Kier molecular flexibility index (Phi) is 12.8. The molecule has 0 heterocycles. The van der Waals surface area contributed by atoms with E-state index in [-0.39, 0.29) is 45.7 Å². The molecule has 8 nitrogen and oxygen atoms in total. The van der Waals surface area contributed by atoms with Crippen molar-refractivity contribution in [3.8, 4) is 24.7 Å². The lowest BCUT2D eigenvalue weighted by Crippen LogP contribution is -2.12. The van der Waals surface area contributed by atoms with Crippen LogP contribution in [-0.4, -0.2) is 50.3 Å². The van der Waals surface area contributed by atoms with Gasteiger partial charge in [-0.1, -0.05) is 0 Å². The quantitative estimate of drug-likeness (QED) is 0.163. The Morgan fingerprint density at radius 2 is 0.960 bits per heavy atom. The summed E-state index contributed by atoms with van der Waals surface area (Å²) < 4.78 is 19.0. The van der Waals surface area contributed by atoms with Crippen molar-refractivity contribution in [2.24, 2.45) is 0 Å². The third-order valence-electron chi connectivity index (χ3n) is 2.57. The molecule has 0 rings (SSSR count). The highest BCUT2D eigenvalue weighted by atomic mass is 16.6. The van der Waals surface area contributed by atoms with Gasteiger partial charge in [0.1, 0.15) is 0 Å². The van der Waals surface area contributed by atoms with Crippen LogP contribution in [0, 0.1) is 24.7 Å². The van der Waals surface area contributed by atoms with Crippen LogP contribution in [0.1, 0.15) is 32.1 Å². The van der Waals surface area contributed by atoms with Gasteiger partial charge in [0.05, 0.1) is 26.4 Å². The normalized spacial score (nSPS) is 9.20. The van der Waals surface area contributed by atoms with Crippen molar-refractivity contribution in [1.29, 1.82) is 0 Å². The molecule has 0 saturated carbocycles. The van der Waals surface area contributed by atoms with Crippen molar-refractivity contribution >= 4 is 23.9 Å². The molecule has 136 valence electrons. The van der Waals surface area contributed by atoms with Gasteiger partial charge in [-0.25, -0.2) is 9.59 Å². The molecule has 0 bridgehead atoms. The van der Waals surface area contributed by atoms with Crippen molar-refractivity contribution in [3.05, 3.63) is 0 Å². The predicted molar refractivity (Wildman–Crippen MR) is 84.6 cm³/mol. The van der Waals surface area contributed by atoms with Crippen LogP contribution in [-0.2, 0) is 38.1 Å². The van der Waals surface area contributed by atoms with E-state index in [9.17, 15) is 19.2 Å². The summed E-state index contributed by atoms with van der Waals surface area (Å²) in [4.78, 5) is 44.0. The average molecular weight is 352 g/mol. The Morgan fingerprint density at radius 1 is 0.600 bits per heavy atom. The molecule has 0 aliphatic carbocycles. The van der Waals surface area contributed by atoms with Gasteiger partial charge in [-0.2, -0.15) is 0 Å². The minimum Gasteiger partial charge on any atom is -0.466 e. The Labute approximate surface area is 146 Å². The van der Waals surface area contributed by atoms with Crippen LogP contribution in [0.3, 0.4) is 0 Å². The number of terminal acetylenes is 2. The average Bonchev–Trinajstić information content (AvgIpc) is 2.60. The maximum Gasteiger partial charge on any atom is 0.384 e. The molecule has 0 aromatic rings. The van der Waals surface area contributed by atoms with E-state index in [1.807, 2.05) is 0 Å². The molecular weight excluding hydrogens is 332 g/mol. The van der Waals surface area contributed by atoms with Crippen molar-refractivity contribution < 1.29 is 38.1 Å². The monoisotopic (exact) mass is 352 g/mol. The number of carbonyl (C=O) groups is 4. The van der Waals surface area contributed by atoms with E-state index in [1.54, 1.807) is 11.8 Å². The summed E-state index contributed by atoms with van der Waals surface area (Å²) in [5.41, 5.74) is 0. The van der Waals surface area contributed by atoms with Gasteiger partial charge in [-0.3, -0.25) is 9.59 Å². The van der Waals surface area contributed by atoms with Gasteiger partial charge in [-0.15, -0.1) is 12.8 Å². The molecule has 0 spiro atoms. The molecular formula is C17H20O8. The topological polar surface area (TPSA) is 105 Å². The SMILES string of the molecule is C#CC(=O)OCCCOC(=O)CCCC(=O)OCCCOC(=O)C#C. The maximum absolute atomic E-state index is 11.4. The van der Waals surface area contributed by atoms with Crippen molar-refractivity contribution in [1.82, 2.24) is 0 Å². The van der Waals surface area contributed by atoms with Gasteiger partial charge >= 0.3 is 23.9 Å². The Balaban J connectivity index is 3.50. The standard InChI is InChI=1S/C17H20O8/c1-3-14(18)22-10-6-12-24-16(20)8-5-9-17(21)25-13-7-11-23-15(19)4-2/h1-2H,5-13H2. The predicted octanol–water partition coefficient (Wildman–Crippen LogP) is 0.376. The Hall–Kier alpha value is -3.00. The van der Waals surface area contributed by atoms with E-state index in [1.165, 1.54) is 0 Å². The van der Waals surface area contributed by atoms with Gasteiger partial charge in [-0.05, 0) is 6.42 Å². The maximum atomic E-state index is 11.4. The van der Waals surface area contributed by atoms with Gasteiger partial charge in [0, 0.05) is 37.5 Å². The lowest BCUT2D eigenvalue weighted by Gasteiger charge is -2.06. The highest BCUT2D eigenvalue weighted by molar-refractivity contribution is 5.87. The highest BCUT2D eigenvalue weighted by Gasteiger charge is 2.08. The molecule has 0 aromatic carbocycles. The first kappa shape index (κ1) is 22.0. The third kappa shape index (κ3) is 14.3. The largest absolute Gasteiger partial charge is 0.466 e. The van der Waals surface area contributed by atoms with E-state index in [2.05, 4.69) is 9.47 Å². The highest BCUT2D eigenvalue weighted by Crippen LogP contribution is 2.01. The molecule has 0 amide bonds. The number of hydrogen-bond acceptors (Lipinski definition) is 8. The molecule has 0 radical (unpaired) electrons. The summed E-state index contributed by atoms with van der Waals surface area (Å²) in [7, 11) is 0. The van der Waals surface area contributed by atoms with Crippen LogP contribution in [0.15, 0.2) is 0 Å². The molecule has 0 aliphatic rings. The van der Waals surface area contributed by atoms with Crippen LogP contribution in [0.4, 0.5) is 0 Å². The van der Waals surface area contributed by atoms with Crippen LogP contribution >= 0.6 is 0 Å². The van der Waals surface area contributed by atoms with Crippen molar-refractivity contribution in [3.63, 3.8) is 0 Å². The smallest absolute Gasteiger partial charge is 0.384 e. The first-order valence-electron chi connectivity index (χ1n) is 7.57. The van der Waals surface area contributed by atoms with E-state index in [0.29, 0.717) is 12.8 Å². The molecule has 0 aromatic heterocycles. The fraction of sp³-hybridized carbons (Fsp3) is 0.529. The van der Waals surface area contributed by atoms with Gasteiger partial charge < -0.3 is 18.9 Å². The second kappa shape index (κ2) is 14.6. The van der Waals surface area contributed by atoms with E-state index < -0.39 is 23.9 Å². The van der Waals surface area contributed by atoms with Crippen molar-refractivity contribution in [2.45, 2.75) is 32.1 Å². The molecule has 0 N–H and O–H groups in total. The van der Waals surface area contributed by atoms with Crippen molar-refractivity contribution in [2.75, 3.05) is 26.4 Å². The third-order valence-corrected chi connectivity index (χ3v) is 2.57. The number of ether oxygens (including phenoxy) is 4. The molecule has 0 unspecified atom stereocenters. The van der Waals surface area contributed by atoms with Gasteiger partial charge in [0.15, 0.2) is 0 Å². The molecule has 0 atom stereocenters. The molecule has 25 heavy (non-hydrogen) atoms. The molecule has 0 saturated heterocycles. The first-order valence-corrected chi connectivity index (χ1v) is 7.57. The van der Waals surface area contributed by atoms with E-state index in [0.717, 1.165) is 0 Å². The van der Waals surface area contributed by atoms with Gasteiger partial charge in [0.2, 0.25) is 0 Å². The zero-order valence-electron chi connectivity index (χ0n) is 13.8. The summed E-state index contributed by atoms with van der Waals surface area (Å²) in [6, 6.07) is 0. The van der Waals surface area contributed by atoms with Crippen LogP contribution in [0.25, 0.3) is 0 Å². The summed E-state index contributed by atoms with van der Waals surface area (Å²) in [6.07, 6.45) is 10.7. The fourth-order valence-corrected chi connectivity index (χ4v) is 1.42. The zero-order chi connectivity index (χ0) is 18.9. The second-order valence-corrected chi connectivity index (χ2v) is 4.56. The number of rotatable bonds is 12. The van der Waals surface area contributed by atoms with E-state index >= 15 is 0 Å². The van der Waals surface area contributed by atoms with Crippen LogP contribution in [0.2, 0.25) is 0 Å². The van der Waals surface area contributed by atoms with Crippen LogP contribution < -0.4 is 0 Å². The zero-order valence-corrected chi connectivity index (χ0v) is 13.8. The summed E-state index contributed by atoms with van der Waals surface area (Å²) in [5.74, 6) is 1.13. The molecule has 8 heteroatoms. The Bertz CT molecular complexity index is 490. The lowest BCUT2D eigenvalue weighted by molar-refractivity contribution is -0.145. The fourth-order valence-electron chi connectivity index (χ4n) is 1.42.